The van der Waals surface area contributed by atoms with Gasteiger partial charge in [-0.1, -0.05) is 6.42 Å². The first kappa shape index (κ1) is 16.9. The predicted octanol–water partition coefficient (Wildman–Crippen LogP) is 1.72. The second kappa shape index (κ2) is 6.91. The van der Waals surface area contributed by atoms with Crippen LogP contribution in [0.1, 0.15) is 37.7 Å². The normalized spacial score (nSPS) is 22.3. The lowest BCUT2D eigenvalue weighted by Crippen LogP contribution is -2.52. The Hall–Kier alpha value is -1.91. The number of benzene rings is 1. The fourth-order valence-corrected chi connectivity index (χ4v) is 5.08. The Bertz CT molecular complexity index is 746. The van der Waals surface area contributed by atoms with Crippen LogP contribution in [0.2, 0.25) is 0 Å². The van der Waals surface area contributed by atoms with E-state index in [0.717, 1.165) is 38.8 Å². The smallest absolute Gasteiger partial charge is 0.243 e. The van der Waals surface area contributed by atoms with Crippen molar-refractivity contribution < 1.29 is 13.2 Å². The molecule has 7 heteroatoms. The summed E-state index contributed by atoms with van der Waals surface area (Å²) in [5.74, 6) is -0.0654. The summed E-state index contributed by atoms with van der Waals surface area (Å²) < 4.78 is 27.3. The predicted molar refractivity (Wildman–Crippen MR) is 88.5 cm³/mol. The third-order valence-electron chi connectivity index (χ3n) is 4.75. The second-order valence-corrected chi connectivity index (χ2v) is 8.19. The first-order valence-corrected chi connectivity index (χ1v) is 9.79. The van der Waals surface area contributed by atoms with E-state index < -0.39 is 16.1 Å². The van der Waals surface area contributed by atoms with Crippen LogP contribution >= 0.6 is 0 Å². The van der Waals surface area contributed by atoms with Crippen LogP contribution < -0.4 is 0 Å². The maximum absolute atomic E-state index is 13.0. The van der Waals surface area contributed by atoms with E-state index in [1.807, 2.05) is 6.07 Å². The number of sulfonamides is 1. The Morgan fingerprint density at radius 1 is 1.04 bits per heavy atom. The molecule has 1 aromatic carbocycles. The van der Waals surface area contributed by atoms with Crippen molar-refractivity contribution in [2.24, 2.45) is 0 Å². The molecule has 2 saturated heterocycles. The molecular weight excluding hydrogens is 326 g/mol. The number of carbonyl (C=O) groups is 1. The van der Waals surface area contributed by atoms with Crippen LogP contribution in [0.25, 0.3) is 0 Å². The molecule has 0 bridgehead atoms. The fourth-order valence-electron chi connectivity index (χ4n) is 3.42. The molecule has 2 aliphatic rings. The van der Waals surface area contributed by atoms with Gasteiger partial charge in [0.2, 0.25) is 15.9 Å². The highest BCUT2D eigenvalue weighted by molar-refractivity contribution is 7.89. The van der Waals surface area contributed by atoms with E-state index in [-0.39, 0.29) is 10.8 Å². The van der Waals surface area contributed by atoms with E-state index in [2.05, 4.69) is 0 Å². The minimum Gasteiger partial charge on any atom is -0.341 e. The van der Waals surface area contributed by atoms with Crippen molar-refractivity contribution >= 4 is 15.9 Å². The van der Waals surface area contributed by atoms with Crippen molar-refractivity contribution in [3.05, 3.63) is 29.8 Å². The summed E-state index contributed by atoms with van der Waals surface area (Å²) in [6.07, 6.45) is 4.18. The van der Waals surface area contributed by atoms with Crippen LogP contribution in [-0.2, 0) is 14.8 Å². The van der Waals surface area contributed by atoms with Crippen LogP contribution in [-0.4, -0.2) is 49.2 Å². The number of amides is 1. The SMILES string of the molecule is N#Cc1ccc(S(=O)(=O)N2CCCC[C@@H]2C(=O)N2CCCC2)cc1. The van der Waals surface area contributed by atoms with E-state index in [1.165, 1.54) is 28.6 Å². The summed E-state index contributed by atoms with van der Waals surface area (Å²) in [6.45, 7) is 1.81. The number of likely N-dealkylation sites (tertiary alicyclic amines) is 1. The monoisotopic (exact) mass is 347 g/mol. The van der Waals surface area contributed by atoms with Crippen LogP contribution in [0.15, 0.2) is 29.2 Å². The molecule has 24 heavy (non-hydrogen) atoms. The third kappa shape index (κ3) is 3.17. The minimum absolute atomic E-state index is 0.0654. The second-order valence-electron chi connectivity index (χ2n) is 6.30. The molecule has 0 saturated carbocycles. The molecule has 2 fully saturated rings. The Kier molecular flexibility index (Phi) is 4.88. The van der Waals surface area contributed by atoms with Gasteiger partial charge >= 0.3 is 0 Å². The molecule has 0 aliphatic carbocycles. The van der Waals surface area contributed by atoms with Gasteiger partial charge in [-0.15, -0.1) is 0 Å². The maximum atomic E-state index is 13.0. The third-order valence-corrected chi connectivity index (χ3v) is 6.67. The zero-order valence-corrected chi connectivity index (χ0v) is 14.3. The fraction of sp³-hybridized carbons (Fsp3) is 0.529. The van der Waals surface area contributed by atoms with Gasteiger partial charge in [0.1, 0.15) is 6.04 Å². The first-order valence-electron chi connectivity index (χ1n) is 8.35. The molecule has 2 heterocycles. The summed E-state index contributed by atoms with van der Waals surface area (Å²) in [5, 5.41) is 8.86. The summed E-state index contributed by atoms with van der Waals surface area (Å²) in [6, 6.07) is 7.26. The zero-order valence-electron chi connectivity index (χ0n) is 13.5. The number of nitriles is 1. The average molecular weight is 347 g/mol. The molecule has 1 amide bonds. The van der Waals surface area contributed by atoms with Gasteiger partial charge in [0.25, 0.3) is 0 Å². The molecule has 1 aromatic rings. The largest absolute Gasteiger partial charge is 0.341 e. The Labute approximate surface area is 142 Å². The van der Waals surface area contributed by atoms with Crippen molar-refractivity contribution in [2.45, 2.75) is 43.0 Å². The highest BCUT2D eigenvalue weighted by atomic mass is 32.2. The van der Waals surface area contributed by atoms with Gasteiger partial charge in [0, 0.05) is 19.6 Å². The number of nitrogens with zero attached hydrogens (tertiary/aromatic N) is 3. The standard InChI is InChI=1S/C17H21N3O3S/c18-13-14-6-8-15(9-7-14)24(22,23)20-12-2-1-5-16(20)17(21)19-10-3-4-11-19/h6-9,16H,1-5,10-12H2/t16-/m1/s1. The highest BCUT2D eigenvalue weighted by Gasteiger charge is 2.39. The van der Waals surface area contributed by atoms with Crippen molar-refractivity contribution in [3.63, 3.8) is 0 Å². The van der Waals surface area contributed by atoms with Gasteiger partial charge in [0.15, 0.2) is 0 Å². The molecule has 1 atom stereocenters. The first-order chi connectivity index (χ1) is 11.5. The lowest BCUT2D eigenvalue weighted by molar-refractivity contribution is -0.135. The molecule has 6 nitrogen and oxygen atoms in total. The van der Waals surface area contributed by atoms with Gasteiger partial charge < -0.3 is 4.90 Å². The lowest BCUT2D eigenvalue weighted by Gasteiger charge is -2.35. The number of hydrogen-bond donors (Lipinski definition) is 0. The Morgan fingerprint density at radius 2 is 1.67 bits per heavy atom. The van der Waals surface area contributed by atoms with Gasteiger partial charge in [-0.2, -0.15) is 9.57 Å². The van der Waals surface area contributed by atoms with Crippen molar-refractivity contribution in [1.82, 2.24) is 9.21 Å². The summed E-state index contributed by atoms with van der Waals surface area (Å²) in [7, 11) is -3.73. The molecule has 128 valence electrons. The van der Waals surface area contributed by atoms with Gasteiger partial charge in [-0.25, -0.2) is 8.42 Å². The van der Waals surface area contributed by atoms with E-state index in [1.54, 1.807) is 4.90 Å². The molecule has 0 radical (unpaired) electrons. The number of rotatable bonds is 3. The van der Waals surface area contributed by atoms with Crippen LogP contribution in [0.3, 0.4) is 0 Å². The Balaban J connectivity index is 1.88. The summed E-state index contributed by atoms with van der Waals surface area (Å²) in [5.41, 5.74) is 0.414. The molecule has 3 rings (SSSR count). The van der Waals surface area contributed by atoms with Gasteiger partial charge in [-0.05, 0) is 49.9 Å². The van der Waals surface area contributed by atoms with Crippen LogP contribution in [0.5, 0.6) is 0 Å². The quantitative estimate of drug-likeness (QED) is 0.834. The van der Waals surface area contributed by atoms with E-state index in [4.69, 9.17) is 5.26 Å². The number of carbonyl (C=O) groups excluding carboxylic acids is 1. The minimum atomic E-state index is -3.73. The summed E-state index contributed by atoms with van der Waals surface area (Å²) in [4.78, 5) is 14.7. The van der Waals surface area contributed by atoms with Gasteiger partial charge in [0.05, 0.1) is 16.5 Å². The number of hydrogen-bond acceptors (Lipinski definition) is 4. The average Bonchev–Trinajstić information content (AvgIpc) is 3.16. The topological polar surface area (TPSA) is 81.5 Å². The molecule has 0 N–H and O–H groups in total. The Morgan fingerprint density at radius 3 is 2.29 bits per heavy atom. The molecular formula is C17H21N3O3S. The van der Waals surface area contributed by atoms with Crippen LogP contribution in [0.4, 0.5) is 0 Å². The number of piperidine rings is 1. The maximum Gasteiger partial charge on any atom is 0.243 e. The van der Waals surface area contributed by atoms with Crippen molar-refractivity contribution in [2.75, 3.05) is 19.6 Å². The van der Waals surface area contributed by atoms with Crippen molar-refractivity contribution in [1.29, 1.82) is 5.26 Å². The van der Waals surface area contributed by atoms with E-state index in [9.17, 15) is 13.2 Å². The molecule has 0 aromatic heterocycles. The zero-order chi connectivity index (χ0) is 17.2. The highest BCUT2D eigenvalue weighted by Crippen LogP contribution is 2.27. The summed E-state index contributed by atoms with van der Waals surface area (Å²) >= 11 is 0. The van der Waals surface area contributed by atoms with Crippen LogP contribution in [0, 0.1) is 11.3 Å². The lowest BCUT2D eigenvalue weighted by atomic mass is 10.0. The molecule has 0 spiro atoms. The van der Waals surface area contributed by atoms with E-state index in [0.29, 0.717) is 18.5 Å². The van der Waals surface area contributed by atoms with Crippen molar-refractivity contribution in [3.8, 4) is 6.07 Å². The van der Waals surface area contributed by atoms with Gasteiger partial charge in [-0.3, -0.25) is 4.79 Å². The van der Waals surface area contributed by atoms with E-state index >= 15 is 0 Å². The molecule has 2 aliphatic heterocycles. The molecule has 0 unspecified atom stereocenters.